The van der Waals surface area contributed by atoms with E-state index < -0.39 is 4.92 Å². The van der Waals surface area contributed by atoms with E-state index in [4.69, 9.17) is 4.74 Å². The largest absolute Gasteiger partial charge is 0.369 e. The number of aryl methyl sites for hydroxylation is 1. The van der Waals surface area contributed by atoms with Crippen molar-refractivity contribution < 1.29 is 14.5 Å². The molecule has 146 valence electrons. The number of morpholine rings is 2. The molecule has 1 amide bonds. The van der Waals surface area contributed by atoms with Gasteiger partial charge in [-0.25, -0.2) is 0 Å². The van der Waals surface area contributed by atoms with Crippen LogP contribution in [0.3, 0.4) is 0 Å². The van der Waals surface area contributed by atoms with Gasteiger partial charge in [0.25, 0.3) is 11.6 Å². The summed E-state index contributed by atoms with van der Waals surface area (Å²) in [5.41, 5.74) is 2.16. The first-order chi connectivity index (χ1) is 13.5. The van der Waals surface area contributed by atoms with Crippen molar-refractivity contribution in [3.63, 3.8) is 0 Å². The van der Waals surface area contributed by atoms with Crippen molar-refractivity contribution in [2.75, 3.05) is 26.2 Å². The minimum Gasteiger partial charge on any atom is -0.369 e. The second-order valence-corrected chi connectivity index (χ2v) is 7.53. The van der Waals surface area contributed by atoms with Crippen LogP contribution in [-0.4, -0.2) is 59.0 Å². The molecule has 0 spiro atoms. The van der Waals surface area contributed by atoms with E-state index >= 15 is 0 Å². The molecule has 2 heterocycles. The molecule has 0 radical (unpaired) electrons. The maximum Gasteiger partial charge on any atom is 0.273 e. The number of rotatable bonds is 4. The van der Waals surface area contributed by atoms with Crippen LogP contribution in [0, 0.1) is 17.0 Å². The molecule has 2 fully saturated rings. The molecule has 0 N–H and O–H groups in total. The van der Waals surface area contributed by atoms with Gasteiger partial charge in [0.15, 0.2) is 0 Å². The average Bonchev–Trinajstić information content (AvgIpc) is 2.67. The summed E-state index contributed by atoms with van der Waals surface area (Å²) in [6, 6.07) is 15.0. The van der Waals surface area contributed by atoms with Gasteiger partial charge >= 0.3 is 0 Å². The van der Waals surface area contributed by atoms with Crippen molar-refractivity contribution in [1.29, 1.82) is 0 Å². The van der Waals surface area contributed by atoms with Crippen molar-refractivity contribution in [1.82, 2.24) is 9.80 Å². The predicted molar refractivity (Wildman–Crippen MR) is 104 cm³/mol. The first-order valence-electron chi connectivity index (χ1n) is 9.45. The van der Waals surface area contributed by atoms with Crippen molar-refractivity contribution >= 4 is 11.6 Å². The Morgan fingerprint density at radius 1 is 1.11 bits per heavy atom. The topological polar surface area (TPSA) is 75.9 Å². The Morgan fingerprint density at radius 2 is 1.79 bits per heavy atom. The van der Waals surface area contributed by atoms with E-state index in [-0.39, 0.29) is 23.8 Å². The van der Waals surface area contributed by atoms with Crippen LogP contribution in [-0.2, 0) is 11.3 Å². The SMILES string of the molecule is Cc1ccc(C(=O)N2CC3CN(Cc4ccccc4)CC(C2)O3)cc1[N+](=O)[O-]. The Bertz CT molecular complexity index is 872. The summed E-state index contributed by atoms with van der Waals surface area (Å²) in [4.78, 5) is 27.8. The van der Waals surface area contributed by atoms with Crippen molar-refractivity contribution in [2.24, 2.45) is 0 Å². The third kappa shape index (κ3) is 3.90. The van der Waals surface area contributed by atoms with E-state index in [0.717, 1.165) is 19.6 Å². The molecule has 2 bridgehead atoms. The highest BCUT2D eigenvalue weighted by atomic mass is 16.6. The molecular formula is C21H23N3O4. The Hall–Kier alpha value is -2.77. The summed E-state index contributed by atoms with van der Waals surface area (Å²) in [6.45, 7) is 5.08. The lowest BCUT2D eigenvalue weighted by molar-refractivity contribution is -0.385. The highest BCUT2D eigenvalue weighted by Crippen LogP contribution is 2.24. The number of hydrogen-bond acceptors (Lipinski definition) is 5. The van der Waals surface area contributed by atoms with Crippen LogP contribution in [0.25, 0.3) is 0 Å². The fraction of sp³-hybridized carbons (Fsp3) is 0.381. The quantitative estimate of drug-likeness (QED) is 0.601. The molecule has 7 nitrogen and oxygen atoms in total. The van der Waals surface area contributed by atoms with Gasteiger partial charge in [-0.15, -0.1) is 0 Å². The van der Waals surface area contributed by atoms with Gasteiger partial charge in [-0.2, -0.15) is 0 Å². The second kappa shape index (κ2) is 7.69. The van der Waals surface area contributed by atoms with Gasteiger partial charge in [-0.05, 0) is 18.6 Å². The molecule has 2 unspecified atom stereocenters. The van der Waals surface area contributed by atoms with Crippen molar-refractivity contribution in [3.05, 3.63) is 75.3 Å². The summed E-state index contributed by atoms with van der Waals surface area (Å²) in [7, 11) is 0. The van der Waals surface area contributed by atoms with Crippen LogP contribution in [0.2, 0.25) is 0 Å². The van der Waals surface area contributed by atoms with E-state index in [0.29, 0.717) is 24.2 Å². The number of nitro groups is 1. The molecule has 28 heavy (non-hydrogen) atoms. The number of carbonyl (C=O) groups is 1. The number of ether oxygens (including phenoxy) is 1. The third-order valence-electron chi connectivity index (χ3n) is 5.35. The highest BCUT2D eigenvalue weighted by Gasteiger charge is 2.37. The molecule has 2 saturated heterocycles. The predicted octanol–water partition coefficient (Wildman–Crippen LogP) is 2.63. The van der Waals surface area contributed by atoms with Crippen LogP contribution in [0.4, 0.5) is 5.69 Å². The number of amides is 1. The molecule has 2 aromatic rings. The molecule has 7 heteroatoms. The minimum atomic E-state index is -0.443. The van der Waals surface area contributed by atoms with E-state index in [1.807, 2.05) is 18.2 Å². The van der Waals surface area contributed by atoms with Gasteiger partial charge in [0.2, 0.25) is 0 Å². The van der Waals surface area contributed by atoms with Crippen molar-refractivity contribution in [3.8, 4) is 0 Å². The van der Waals surface area contributed by atoms with Crippen LogP contribution < -0.4 is 0 Å². The Morgan fingerprint density at radius 3 is 2.43 bits per heavy atom. The van der Waals surface area contributed by atoms with Crippen LogP contribution in [0.15, 0.2) is 48.5 Å². The molecule has 0 aliphatic carbocycles. The molecule has 2 aliphatic rings. The van der Waals surface area contributed by atoms with Crippen LogP contribution in [0.1, 0.15) is 21.5 Å². The number of fused-ring (bicyclic) bond motifs is 2. The smallest absolute Gasteiger partial charge is 0.273 e. The maximum atomic E-state index is 12.9. The summed E-state index contributed by atoms with van der Waals surface area (Å²) in [6.07, 6.45) is -0.0822. The number of nitro benzene ring substituents is 1. The number of carbonyl (C=O) groups excluding carboxylic acids is 1. The van der Waals surface area contributed by atoms with E-state index in [1.165, 1.54) is 11.6 Å². The molecule has 4 rings (SSSR count). The number of nitrogens with zero attached hydrogens (tertiary/aromatic N) is 3. The lowest BCUT2D eigenvalue weighted by Crippen LogP contribution is -2.60. The van der Waals surface area contributed by atoms with Gasteiger partial charge in [0, 0.05) is 49.9 Å². The van der Waals surface area contributed by atoms with Gasteiger partial charge < -0.3 is 9.64 Å². The Kier molecular flexibility index (Phi) is 5.11. The zero-order chi connectivity index (χ0) is 19.7. The molecule has 2 aromatic carbocycles. The molecule has 2 atom stereocenters. The van der Waals surface area contributed by atoms with E-state index in [1.54, 1.807) is 24.0 Å². The molecule has 0 aromatic heterocycles. The lowest BCUT2D eigenvalue weighted by Gasteiger charge is -2.45. The zero-order valence-corrected chi connectivity index (χ0v) is 15.8. The fourth-order valence-electron chi connectivity index (χ4n) is 4.03. The summed E-state index contributed by atoms with van der Waals surface area (Å²) >= 11 is 0. The van der Waals surface area contributed by atoms with Gasteiger partial charge in [0.05, 0.1) is 17.1 Å². The first-order valence-corrected chi connectivity index (χ1v) is 9.45. The number of hydrogen-bond donors (Lipinski definition) is 0. The first kappa shape index (κ1) is 18.6. The molecule has 0 saturated carbocycles. The minimum absolute atomic E-state index is 0.0201. The van der Waals surface area contributed by atoms with E-state index in [9.17, 15) is 14.9 Å². The zero-order valence-electron chi connectivity index (χ0n) is 15.8. The average molecular weight is 381 g/mol. The summed E-state index contributed by atoms with van der Waals surface area (Å²) in [5, 5.41) is 11.2. The molecule has 2 aliphatic heterocycles. The maximum absolute atomic E-state index is 12.9. The van der Waals surface area contributed by atoms with Gasteiger partial charge in [-0.3, -0.25) is 19.8 Å². The molecular weight excluding hydrogens is 358 g/mol. The summed E-state index contributed by atoms with van der Waals surface area (Å²) in [5.74, 6) is -0.169. The standard InChI is InChI=1S/C21H23N3O4/c1-15-7-8-17(9-20(15)24(26)27)21(25)23-13-18-11-22(12-19(14-23)28-18)10-16-5-3-2-4-6-16/h2-9,18-19H,10-14H2,1H3. The third-order valence-corrected chi connectivity index (χ3v) is 5.35. The van der Waals surface area contributed by atoms with Crippen molar-refractivity contribution in [2.45, 2.75) is 25.7 Å². The normalized spacial score (nSPS) is 22.1. The van der Waals surface area contributed by atoms with Gasteiger partial charge in [0.1, 0.15) is 0 Å². The lowest BCUT2D eigenvalue weighted by atomic mass is 10.1. The van der Waals surface area contributed by atoms with Crippen LogP contribution >= 0.6 is 0 Å². The Labute approximate surface area is 163 Å². The second-order valence-electron chi connectivity index (χ2n) is 7.53. The fourth-order valence-corrected chi connectivity index (χ4v) is 4.03. The van der Waals surface area contributed by atoms with Crippen LogP contribution in [0.5, 0.6) is 0 Å². The van der Waals surface area contributed by atoms with Gasteiger partial charge in [-0.1, -0.05) is 36.4 Å². The summed E-state index contributed by atoms with van der Waals surface area (Å²) < 4.78 is 6.04. The Balaban J connectivity index is 1.43. The number of benzene rings is 2. The van der Waals surface area contributed by atoms with E-state index in [2.05, 4.69) is 17.0 Å². The monoisotopic (exact) mass is 381 g/mol. The highest BCUT2D eigenvalue weighted by molar-refractivity contribution is 5.95.